The van der Waals surface area contributed by atoms with Crippen molar-refractivity contribution in [2.75, 3.05) is 45.2 Å². The van der Waals surface area contributed by atoms with Crippen LogP contribution in [0.3, 0.4) is 0 Å². The first-order valence-corrected chi connectivity index (χ1v) is 7.50. The van der Waals surface area contributed by atoms with Gasteiger partial charge in [0.25, 0.3) is 5.91 Å². The second-order valence-electron chi connectivity index (χ2n) is 4.84. The number of ether oxygens (including phenoxy) is 1. The first-order chi connectivity index (χ1) is 10.6. The van der Waals surface area contributed by atoms with Gasteiger partial charge in [0, 0.05) is 24.9 Å². The predicted octanol–water partition coefficient (Wildman–Crippen LogP) is 1.34. The number of rotatable bonds is 9. The highest BCUT2D eigenvalue weighted by Gasteiger charge is 2.08. The van der Waals surface area contributed by atoms with Crippen molar-refractivity contribution in [1.82, 2.24) is 10.2 Å². The van der Waals surface area contributed by atoms with Gasteiger partial charge in [-0.25, -0.2) is 0 Å². The Kier molecular flexibility index (Phi) is 8.17. The number of hydrogen-bond donors (Lipinski definition) is 2. The maximum Gasteiger partial charge on any atom is 0.251 e. The van der Waals surface area contributed by atoms with E-state index in [1.165, 1.54) is 0 Å². The quantitative estimate of drug-likeness (QED) is 0.676. The minimum atomic E-state index is -0.155. The number of amides is 2. The molecular formula is C16H25N3O3. The maximum atomic E-state index is 11.9. The van der Waals surface area contributed by atoms with Gasteiger partial charge in [0.15, 0.2) is 0 Å². The molecule has 0 saturated carbocycles. The molecule has 0 spiro atoms. The Labute approximate surface area is 131 Å². The molecule has 0 aliphatic carbocycles. The van der Waals surface area contributed by atoms with E-state index in [2.05, 4.69) is 10.6 Å². The van der Waals surface area contributed by atoms with E-state index in [1.54, 1.807) is 31.4 Å². The third kappa shape index (κ3) is 6.24. The van der Waals surface area contributed by atoms with Crippen molar-refractivity contribution in [1.29, 1.82) is 0 Å². The minimum absolute atomic E-state index is 0.0546. The highest BCUT2D eigenvalue weighted by molar-refractivity contribution is 5.96. The zero-order chi connectivity index (χ0) is 16.4. The van der Waals surface area contributed by atoms with Gasteiger partial charge in [0.05, 0.1) is 13.2 Å². The van der Waals surface area contributed by atoms with Gasteiger partial charge in [-0.05, 0) is 37.4 Å². The molecule has 0 aromatic heterocycles. The molecule has 2 amide bonds. The second kappa shape index (κ2) is 9.92. The zero-order valence-electron chi connectivity index (χ0n) is 13.5. The summed E-state index contributed by atoms with van der Waals surface area (Å²) >= 11 is 0. The summed E-state index contributed by atoms with van der Waals surface area (Å²) in [5, 5.41) is 5.57. The first kappa shape index (κ1) is 18.1. The van der Waals surface area contributed by atoms with Gasteiger partial charge in [0.2, 0.25) is 5.91 Å². The second-order valence-corrected chi connectivity index (χ2v) is 4.84. The summed E-state index contributed by atoms with van der Waals surface area (Å²) in [6.45, 7) is 7.03. The van der Waals surface area contributed by atoms with Crippen LogP contribution < -0.4 is 10.6 Å². The van der Waals surface area contributed by atoms with Gasteiger partial charge in [-0.1, -0.05) is 13.8 Å². The predicted molar refractivity (Wildman–Crippen MR) is 87.1 cm³/mol. The Morgan fingerprint density at radius 3 is 2.32 bits per heavy atom. The van der Waals surface area contributed by atoms with Crippen LogP contribution in [0.2, 0.25) is 0 Å². The smallest absolute Gasteiger partial charge is 0.251 e. The summed E-state index contributed by atoms with van der Waals surface area (Å²) in [6, 6.07) is 6.83. The molecule has 0 saturated heterocycles. The average molecular weight is 307 g/mol. The van der Waals surface area contributed by atoms with Crippen LogP contribution >= 0.6 is 0 Å². The summed E-state index contributed by atoms with van der Waals surface area (Å²) in [6.07, 6.45) is 0. The summed E-state index contributed by atoms with van der Waals surface area (Å²) in [5.41, 5.74) is 1.24. The largest absolute Gasteiger partial charge is 0.383 e. The van der Waals surface area contributed by atoms with Gasteiger partial charge in [-0.15, -0.1) is 0 Å². The zero-order valence-corrected chi connectivity index (χ0v) is 13.5. The lowest BCUT2D eigenvalue weighted by Crippen LogP contribution is -2.32. The van der Waals surface area contributed by atoms with Crippen LogP contribution in [0.15, 0.2) is 24.3 Å². The van der Waals surface area contributed by atoms with Crippen molar-refractivity contribution in [2.45, 2.75) is 13.8 Å². The Hall–Kier alpha value is -1.92. The third-order valence-electron chi connectivity index (χ3n) is 3.28. The van der Waals surface area contributed by atoms with E-state index in [-0.39, 0.29) is 11.8 Å². The van der Waals surface area contributed by atoms with Crippen molar-refractivity contribution in [2.24, 2.45) is 0 Å². The molecule has 2 N–H and O–H groups in total. The van der Waals surface area contributed by atoms with Crippen molar-refractivity contribution < 1.29 is 14.3 Å². The van der Waals surface area contributed by atoms with E-state index in [1.807, 2.05) is 18.7 Å². The lowest BCUT2D eigenvalue weighted by atomic mass is 10.2. The van der Waals surface area contributed by atoms with Crippen molar-refractivity contribution in [3.05, 3.63) is 29.8 Å². The number of benzene rings is 1. The number of carbonyl (C=O) groups is 2. The number of likely N-dealkylation sites (N-methyl/N-ethyl adjacent to an activating group) is 1. The van der Waals surface area contributed by atoms with Crippen molar-refractivity contribution >= 4 is 17.5 Å². The topological polar surface area (TPSA) is 70.7 Å². The molecule has 1 aromatic carbocycles. The van der Waals surface area contributed by atoms with E-state index in [9.17, 15) is 9.59 Å². The lowest BCUT2D eigenvalue weighted by molar-refractivity contribution is -0.117. The molecule has 0 atom stereocenters. The molecule has 0 bridgehead atoms. The monoisotopic (exact) mass is 307 g/mol. The van der Waals surface area contributed by atoms with Crippen LogP contribution in [0.25, 0.3) is 0 Å². The number of carbonyl (C=O) groups excluding carboxylic acids is 2. The Morgan fingerprint density at radius 2 is 1.77 bits per heavy atom. The van der Waals surface area contributed by atoms with E-state index < -0.39 is 0 Å². The summed E-state index contributed by atoms with van der Waals surface area (Å²) in [7, 11) is 1.59. The Balaban J connectivity index is 2.50. The normalized spacial score (nSPS) is 10.5. The van der Waals surface area contributed by atoms with Gasteiger partial charge in [-0.2, -0.15) is 0 Å². The lowest BCUT2D eigenvalue weighted by Gasteiger charge is -2.17. The highest BCUT2D eigenvalue weighted by atomic mass is 16.5. The molecule has 0 aliphatic heterocycles. The van der Waals surface area contributed by atoms with Gasteiger partial charge < -0.3 is 15.4 Å². The van der Waals surface area contributed by atoms with Crippen LogP contribution in [-0.2, 0) is 9.53 Å². The molecule has 6 nitrogen and oxygen atoms in total. The molecule has 0 aliphatic rings. The van der Waals surface area contributed by atoms with Crippen molar-refractivity contribution in [3.8, 4) is 0 Å². The summed E-state index contributed by atoms with van der Waals surface area (Å²) in [4.78, 5) is 25.7. The maximum absolute atomic E-state index is 11.9. The van der Waals surface area contributed by atoms with Crippen LogP contribution in [-0.4, -0.2) is 56.6 Å². The fourth-order valence-electron chi connectivity index (χ4n) is 1.92. The highest BCUT2D eigenvalue weighted by Crippen LogP contribution is 2.09. The standard InChI is InChI=1S/C16H25N3O3/c1-4-19(5-2)12-15(20)18-14-8-6-13(7-9-14)16(21)17-10-11-22-3/h6-9H,4-5,10-12H2,1-3H3,(H,17,21)(H,18,20). The van der Waals surface area contributed by atoms with E-state index in [0.717, 1.165) is 13.1 Å². The molecule has 22 heavy (non-hydrogen) atoms. The van der Waals surface area contributed by atoms with Crippen molar-refractivity contribution in [3.63, 3.8) is 0 Å². The molecule has 6 heteroatoms. The van der Waals surface area contributed by atoms with Crippen LogP contribution in [0.1, 0.15) is 24.2 Å². The van der Waals surface area contributed by atoms with Crippen LogP contribution in [0.4, 0.5) is 5.69 Å². The van der Waals surface area contributed by atoms with E-state index in [4.69, 9.17) is 4.74 Å². The van der Waals surface area contributed by atoms with E-state index >= 15 is 0 Å². The fourth-order valence-corrected chi connectivity index (χ4v) is 1.92. The molecule has 0 radical (unpaired) electrons. The number of nitrogens with one attached hydrogen (secondary N) is 2. The van der Waals surface area contributed by atoms with Crippen LogP contribution in [0, 0.1) is 0 Å². The molecule has 0 unspecified atom stereocenters. The molecule has 0 fully saturated rings. The number of hydrogen-bond acceptors (Lipinski definition) is 4. The summed E-state index contributed by atoms with van der Waals surface area (Å²) in [5.74, 6) is -0.209. The van der Waals surface area contributed by atoms with Gasteiger partial charge in [0.1, 0.15) is 0 Å². The summed E-state index contributed by atoms with van der Waals surface area (Å²) < 4.78 is 4.87. The average Bonchev–Trinajstić information content (AvgIpc) is 2.53. The minimum Gasteiger partial charge on any atom is -0.383 e. The number of nitrogens with zero attached hydrogens (tertiary/aromatic N) is 1. The molecule has 0 heterocycles. The number of anilines is 1. The fraction of sp³-hybridized carbons (Fsp3) is 0.500. The Bertz CT molecular complexity index is 470. The molecule has 1 aromatic rings. The molecule has 1 rings (SSSR count). The first-order valence-electron chi connectivity index (χ1n) is 7.50. The van der Waals surface area contributed by atoms with Gasteiger partial charge >= 0.3 is 0 Å². The number of methoxy groups -OCH3 is 1. The SMILES string of the molecule is CCN(CC)CC(=O)Nc1ccc(C(=O)NCCOC)cc1. The van der Waals surface area contributed by atoms with Gasteiger partial charge in [-0.3, -0.25) is 14.5 Å². The molecular weight excluding hydrogens is 282 g/mol. The van der Waals surface area contributed by atoms with E-state index in [0.29, 0.717) is 30.9 Å². The molecule has 122 valence electrons. The third-order valence-corrected chi connectivity index (χ3v) is 3.28. The van der Waals surface area contributed by atoms with Crippen LogP contribution in [0.5, 0.6) is 0 Å². The Morgan fingerprint density at radius 1 is 1.14 bits per heavy atom.